The van der Waals surface area contributed by atoms with Crippen molar-refractivity contribution in [2.45, 2.75) is 13.2 Å². The van der Waals surface area contributed by atoms with E-state index >= 15 is 0 Å². The second kappa shape index (κ2) is 6.35. The zero-order chi connectivity index (χ0) is 12.1. The molecule has 0 radical (unpaired) electrons. The zero-order valence-corrected chi connectivity index (χ0v) is 11.2. The van der Waals surface area contributed by atoms with Crippen LogP contribution in [0.2, 0.25) is 0 Å². The van der Waals surface area contributed by atoms with Gasteiger partial charge in [0, 0.05) is 12.7 Å². The molecule has 5 heteroatoms. The van der Waals surface area contributed by atoms with Crippen molar-refractivity contribution in [1.29, 1.82) is 0 Å². The van der Waals surface area contributed by atoms with E-state index in [0.717, 1.165) is 16.2 Å². The third kappa shape index (κ3) is 3.96. The van der Waals surface area contributed by atoms with Crippen LogP contribution >= 0.6 is 23.1 Å². The Morgan fingerprint density at radius 3 is 3.06 bits per heavy atom. The maximum absolute atomic E-state index is 10.7. The highest BCUT2D eigenvalue weighted by Crippen LogP contribution is 2.29. The van der Waals surface area contributed by atoms with Gasteiger partial charge >= 0.3 is 0 Å². The van der Waals surface area contributed by atoms with Gasteiger partial charge in [-0.15, -0.1) is 11.3 Å². The first-order valence-corrected chi connectivity index (χ1v) is 7.24. The molecule has 0 unspecified atom stereocenters. The molecule has 0 bridgehead atoms. The summed E-state index contributed by atoms with van der Waals surface area (Å²) in [4.78, 5) is 11.8. The molecule has 0 aromatic carbocycles. The molecular formula is C12H14O3S2. The van der Waals surface area contributed by atoms with Gasteiger partial charge in [0.1, 0.15) is 0 Å². The van der Waals surface area contributed by atoms with Crippen molar-refractivity contribution in [2.24, 2.45) is 0 Å². The largest absolute Gasteiger partial charge is 0.345 e. The van der Waals surface area contributed by atoms with E-state index in [1.54, 1.807) is 18.3 Å². The Kier molecular flexibility index (Phi) is 4.79. The summed E-state index contributed by atoms with van der Waals surface area (Å²) in [6.07, 6.45) is 3.83. The van der Waals surface area contributed by atoms with Crippen molar-refractivity contribution >= 4 is 34.3 Å². The van der Waals surface area contributed by atoms with Gasteiger partial charge in [-0.3, -0.25) is 4.79 Å². The van der Waals surface area contributed by atoms with Crippen molar-refractivity contribution in [1.82, 2.24) is 0 Å². The number of carbonyl (C=O) groups is 1. The zero-order valence-electron chi connectivity index (χ0n) is 9.55. The van der Waals surface area contributed by atoms with Gasteiger partial charge in [0.15, 0.2) is 11.4 Å². The van der Waals surface area contributed by atoms with Gasteiger partial charge in [0.05, 0.1) is 18.1 Å². The van der Waals surface area contributed by atoms with Crippen LogP contribution in [0, 0.1) is 0 Å². The summed E-state index contributed by atoms with van der Waals surface area (Å²) in [5, 5.41) is 2.21. The lowest BCUT2D eigenvalue weighted by Gasteiger charge is -2.04. The van der Waals surface area contributed by atoms with Gasteiger partial charge in [-0.25, -0.2) is 0 Å². The maximum atomic E-state index is 10.7. The Bertz CT molecular complexity index is 406. The molecule has 1 aromatic rings. The molecule has 1 aliphatic heterocycles. The van der Waals surface area contributed by atoms with E-state index in [0.29, 0.717) is 13.2 Å². The van der Waals surface area contributed by atoms with Crippen LogP contribution in [0.1, 0.15) is 23.7 Å². The van der Waals surface area contributed by atoms with Crippen LogP contribution in [0.15, 0.2) is 17.5 Å². The lowest BCUT2D eigenvalue weighted by Crippen LogP contribution is -1.93. The van der Waals surface area contributed by atoms with E-state index in [4.69, 9.17) is 9.47 Å². The number of ether oxygens (including phenoxy) is 2. The Morgan fingerprint density at radius 2 is 2.35 bits per heavy atom. The highest BCUT2D eigenvalue weighted by Gasteiger charge is 2.19. The quantitative estimate of drug-likeness (QED) is 0.842. The third-order valence-electron chi connectivity index (χ3n) is 2.19. The molecule has 2 rings (SSSR count). The topological polar surface area (TPSA) is 35.5 Å². The molecular weight excluding hydrogens is 256 g/mol. The Morgan fingerprint density at radius 1 is 1.59 bits per heavy atom. The van der Waals surface area contributed by atoms with E-state index in [1.165, 1.54) is 11.8 Å². The van der Waals surface area contributed by atoms with Crippen LogP contribution in [0.5, 0.6) is 0 Å². The predicted molar refractivity (Wildman–Crippen MR) is 71.1 cm³/mol. The Balaban J connectivity index is 1.87. The molecule has 1 saturated heterocycles. The molecule has 3 nitrogen and oxygen atoms in total. The number of thioether (sulfide) groups is 1. The van der Waals surface area contributed by atoms with Crippen LogP contribution in [-0.2, 0) is 14.3 Å². The van der Waals surface area contributed by atoms with Gasteiger partial charge < -0.3 is 9.47 Å². The molecule has 92 valence electrons. The van der Waals surface area contributed by atoms with Crippen LogP contribution in [0.3, 0.4) is 0 Å². The summed E-state index contributed by atoms with van der Waals surface area (Å²) in [6.45, 7) is 2.92. The number of hydrogen-bond acceptors (Lipinski definition) is 5. The normalized spacial score (nSPS) is 17.0. The highest BCUT2D eigenvalue weighted by molar-refractivity contribution is 8.13. The second-order valence-corrected chi connectivity index (χ2v) is 5.70. The summed E-state index contributed by atoms with van der Waals surface area (Å²) < 4.78 is 10.8. The van der Waals surface area contributed by atoms with Crippen LogP contribution in [0.4, 0.5) is 0 Å². The van der Waals surface area contributed by atoms with Crippen molar-refractivity contribution in [3.05, 3.63) is 28.0 Å². The minimum Gasteiger partial charge on any atom is -0.345 e. The number of thiophene rings is 1. The summed E-state index contributed by atoms with van der Waals surface area (Å²) in [5.74, 6) is 0.719. The summed E-state index contributed by atoms with van der Waals surface area (Å²) in [5.41, 5.74) is 1.13. The van der Waals surface area contributed by atoms with Gasteiger partial charge in [0.25, 0.3) is 0 Å². The SMILES string of the molecule is CC(=O)SCC=Cc1csc(C2OCCO2)c1. The molecule has 0 aliphatic carbocycles. The van der Waals surface area contributed by atoms with Crippen molar-refractivity contribution in [2.75, 3.05) is 19.0 Å². The van der Waals surface area contributed by atoms with Gasteiger partial charge in [-0.05, 0) is 17.0 Å². The average Bonchev–Trinajstić information content (AvgIpc) is 2.94. The van der Waals surface area contributed by atoms with Gasteiger partial charge in [0.2, 0.25) is 0 Å². The van der Waals surface area contributed by atoms with Gasteiger partial charge in [-0.1, -0.05) is 23.9 Å². The van der Waals surface area contributed by atoms with Crippen LogP contribution in [-0.4, -0.2) is 24.1 Å². The lowest BCUT2D eigenvalue weighted by atomic mass is 10.3. The first-order valence-electron chi connectivity index (χ1n) is 5.37. The fourth-order valence-electron chi connectivity index (χ4n) is 1.45. The van der Waals surface area contributed by atoms with E-state index < -0.39 is 0 Å². The molecule has 0 atom stereocenters. The molecule has 2 heterocycles. The molecule has 1 aliphatic rings. The number of hydrogen-bond donors (Lipinski definition) is 0. The lowest BCUT2D eigenvalue weighted by molar-refractivity contribution is -0.109. The molecule has 0 N–H and O–H groups in total. The number of carbonyl (C=O) groups excluding carboxylic acids is 1. The van der Waals surface area contributed by atoms with Crippen LogP contribution < -0.4 is 0 Å². The van der Waals surface area contributed by atoms with E-state index in [1.807, 2.05) is 12.2 Å². The number of rotatable bonds is 4. The predicted octanol–water partition coefficient (Wildman–Crippen LogP) is 3.09. The molecule has 0 amide bonds. The molecule has 1 aromatic heterocycles. The second-order valence-electron chi connectivity index (χ2n) is 3.56. The Labute approximate surface area is 109 Å². The smallest absolute Gasteiger partial charge is 0.193 e. The minimum absolute atomic E-state index is 0.147. The summed E-state index contributed by atoms with van der Waals surface area (Å²) in [7, 11) is 0. The molecule has 17 heavy (non-hydrogen) atoms. The van der Waals surface area contributed by atoms with Crippen molar-refractivity contribution in [3.63, 3.8) is 0 Å². The fraction of sp³-hybridized carbons (Fsp3) is 0.417. The fourth-order valence-corrected chi connectivity index (χ4v) is 2.75. The van der Waals surface area contributed by atoms with Crippen LogP contribution in [0.25, 0.3) is 6.08 Å². The van der Waals surface area contributed by atoms with E-state index in [2.05, 4.69) is 11.4 Å². The van der Waals surface area contributed by atoms with Gasteiger partial charge in [-0.2, -0.15) is 0 Å². The maximum Gasteiger partial charge on any atom is 0.193 e. The average molecular weight is 270 g/mol. The van der Waals surface area contributed by atoms with E-state index in [-0.39, 0.29) is 11.4 Å². The Hall–Kier alpha value is -0.620. The third-order valence-corrected chi connectivity index (χ3v) is 3.93. The summed E-state index contributed by atoms with van der Waals surface area (Å²) in [6, 6.07) is 2.07. The minimum atomic E-state index is -0.186. The standard InChI is InChI=1S/C12H14O3S2/c1-9(13)16-6-2-3-10-7-11(17-8-10)12-14-4-5-15-12/h2-3,7-8,12H,4-6H2,1H3. The van der Waals surface area contributed by atoms with Crippen molar-refractivity contribution < 1.29 is 14.3 Å². The first kappa shape index (κ1) is 12.8. The molecule has 1 fully saturated rings. The monoisotopic (exact) mass is 270 g/mol. The van der Waals surface area contributed by atoms with E-state index in [9.17, 15) is 4.79 Å². The first-order chi connectivity index (χ1) is 8.25. The molecule has 0 saturated carbocycles. The van der Waals surface area contributed by atoms with Crippen molar-refractivity contribution in [3.8, 4) is 0 Å². The summed E-state index contributed by atoms with van der Waals surface area (Å²) >= 11 is 2.95. The highest BCUT2D eigenvalue weighted by atomic mass is 32.2. The molecule has 0 spiro atoms.